The van der Waals surface area contributed by atoms with Crippen molar-refractivity contribution in [3.05, 3.63) is 17.3 Å². The van der Waals surface area contributed by atoms with Gasteiger partial charge in [0.2, 0.25) is 10.0 Å². The van der Waals surface area contributed by atoms with Gasteiger partial charge in [0.1, 0.15) is 10.7 Å². The van der Waals surface area contributed by atoms with Crippen LogP contribution in [0.3, 0.4) is 0 Å². The normalized spacial score (nSPS) is 12.9. The van der Waals surface area contributed by atoms with E-state index in [0.29, 0.717) is 6.54 Å². The molecule has 8 heteroatoms. The standard InChI is InChI=1S/C12H21ClN4O2S/c1-12(2,8-17(3)4)7-16-20(18,19)9-5-10(13)11(14)15-6-9/h5-6,16H,7-8H2,1-4H3,(H2,14,15). The maximum absolute atomic E-state index is 12.2. The summed E-state index contributed by atoms with van der Waals surface area (Å²) in [6.45, 7) is 5.05. The Morgan fingerprint density at radius 3 is 2.55 bits per heavy atom. The van der Waals surface area contributed by atoms with Gasteiger partial charge in [-0.2, -0.15) is 0 Å². The Balaban J connectivity index is 2.82. The van der Waals surface area contributed by atoms with Crippen LogP contribution in [0.2, 0.25) is 5.02 Å². The predicted molar refractivity (Wildman–Crippen MR) is 81.2 cm³/mol. The zero-order valence-electron chi connectivity index (χ0n) is 12.1. The van der Waals surface area contributed by atoms with Gasteiger partial charge in [0, 0.05) is 19.3 Å². The molecule has 0 aromatic carbocycles. The van der Waals surface area contributed by atoms with E-state index in [1.54, 1.807) is 0 Å². The highest BCUT2D eigenvalue weighted by molar-refractivity contribution is 7.89. The van der Waals surface area contributed by atoms with Crippen LogP contribution in [0, 0.1) is 5.41 Å². The molecule has 0 aliphatic carbocycles. The lowest BCUT2D eigenvalue weighted by molar-refractivity contribution is 0.242. The fourth-order valence-electron chi connectivity index (χ4n) is 1.86. The topological polar surface area (TPSA) is 88.3 Å². The van der Waals surface area contributed by atoms with Crippen LogP contribution in [-0.2, 0) is 10.0 Å². The molecule has 0 bridgehead atoms. The quantitative estimate of drug-likeness (QED) is 0.821. The molecule has 0 atom stereocenters. The summed E-state index contributed by atoms with van der Waals surface area (Å²) in [7, 11) is 0.249. The predicted octanol–water partition coefficient (Wildman–Crippen LogP) is 1.18. The Labute approximate surface area is 125 Å². The van der Waals surface area contributed by atoms with Crippen LogP contribution in [0.15, 0.2) is 17.2 Å². The van der Waals surface area contributed by atoms with Gasteiger partial charge in [-0.3, -0.25) is 0 Å². The van der Waals surface area contributed by atoms with E-state index in [-0.39, 0.29) is 21.2 Å². The highest BCUT2D eigenvalue weighted by atomic mass is 35.5. The first kappa shape index (κ1) is 17.2. The van der Waals surface area contributed by atoms with Crippen molar-refractivity contribution in [1.82, 2.24) is 14.6 Å². The number of hydrogen-bond acceptors (Lipinski definition) is 5. The summed E-state index contributed by atoms with van der Waals surface area (Å²) in [5, 5.41) is 0.125. The molecule has 0 aliphatic rings. The number of nitrogen functional groups attached to an aromatic ring is 1. The van der Waals surface area contributed by atoms with Crippen LogP contribution < -0.4 is 10.5 Å². The summed E-state index contributed by atoms with van der Waals surface area (Å²) in [4.78, 5) is 5.78. The van der Waals surface area contributed by atoms with Crippen molar-refractivity contribution in [3.8, 4) is 0 Å². The lowest BCUT2D eigenvalue weighted by Gasteiger charge is -2.28. The molecular formula is C12H21ClN4O2S. The second kappa shape index (κ2) is 6.26. The zero-order valence-corrected chi connectivity index (χ0v) is 13.7. The smallest absolute Gasteiger partial charge is 0.242 e. The Kier molecular flexibility index (Phi) is 5.37. The second-order valence-corrected chi connectivity index (χ2v) is 7.94. The molecule has 0 saturated carbocycles. The van der Waals surface area contributed by atoms with Crippen LogP contribution in [0.25, 0.3) is 0 Å². The van der Waals surface area contributed by atoms with Gasteiger partial charge >= 0.3 is 0 Å². The number of nitrogens with one attached hydrogen (secondary N) is 1. The molecule has 1 aromatic rings. The number of aromatic nitrogens is 1. The van der Waals surface area contributed by atoms with Crippen LogP contribution >= 0.6 is 11.6 Å². The van der Waals surface area contributed by atoms with Gasteiger partial charge in [0.05, 0.1) is 5.02 Å². The molecule has 0 radical (unpaired) electrons. The van der Waals surface area contributed by atoms with Crippen LogP contribution in [0.1, 0.15) is 13.8 Å². The molecule has 6 nitrogen and oxygen atoms in total. The molecule has 1 rings (SSSR count). The number of hydrogen-bond donors (Lipinski definition) is 2. The van der Waals surface area contributed by atoms with Crippen LogP contribution in [0.4, 0.5) is 5.82 Å². The van der Waals surface area contributed by atoms with Crippen molar-refractivity contribution in [2.45, 2.75) is 18.7 Å². The Hall–Kier alpha value is -0.890. The molecule has 0 aliphatic heterocycles. The van der Waals surface area contributed by atoms with Crippen molar-refractivity contribution in [2.75, 3.05) is 32.9 Å². The third-order valence-electron chi connectivity index (χ3n) is 2.64. The van der Waals surface area contributed by atoms with E-state index >= 15 is 0 Å². The van der Waals surface area contributed by atoms with Gasteiger partial charge in [-0.25, -0.2) is 18.1 Å². The first-order valence-corrected chi connectivity index (χ1v) is 7.95. The zero-order chi connectivity index (χ0) is 15.6. The lowest BCUT2D eigenvalue weighted by atomic mass is 9.93. The average molecular weight is 321 g/mol. The Morgan fingerprint density at radius 1 is 1.45 bits per heavy atom. The van der Waals surface area contributed by atoms with Gasteiger partial charge in [-0.1, -0.05) is 25.4 Å². The van der Waals surface area contributed by atoms with E-state index < -0.39 is 10.0 Å². The number of anilines is 1. The van der Waals surface area contributed by atoms with E-state index in [1.807, 2.05) is 32.8 Å². The first-order valence-electron chi connectivity index (χ1n) is 6.09. The van der Waals surface area contributed by atoms with E-state index in [0.717, 1.165) is 6.54 Å². The fourth-order valence-corrected chi connectivity index (χ4v) is 3.31. The maximum atomic E-state index is 12.2. The van der Waals surface area contributed by atoms with Gasteiger partial charge in [0.15, 0.2) is 0 Å². The second-order valence-electron chi connectivity index (χ2n) is 5.76. The average Bonchev–Trinajstić information content (AvgIpc) is 2.29. The summed E-state index contributed by atoms with van der Waals surface area (Å²) in [5.74, 6) is 0.110. The van der Waals surface area contributed by atoms with E-state index in [2.05, 4.69) is 9.71 Å². The van der Waals surface area contributed by atoms with Crippen molar-refractivity contribution < 1.29 is 8.42 Å². The largest absolute Gasteiger partial charge is 0.382 e. The number of nitrogens with two attached hydrogens (primary N) is 1. The number of pyridine rings is 1. The van der Waals surface area contributed by atoms with E-state index in [1.165, 1.54) is 12.3 Å². The summed E-state index contributed by atoms with van der Waals surface area (Å²) in [6.07, 6.45) is 1.20. The number of nitrogens with zero attached hydrogens (tertiary/aromatic N) is 2. The number of rotatable bonds is 6. The fraction of sp³-hybridized carbons (Fsp3) is 0.583. The molecule has 0 fully saturated rings. The highest BCUT2D eigenvalue weighted by Crippen LogP contribution is 2.21. The van der Waals surface area contributed by atoms with Crippen molar-refractivity contribution >= 4 is 27.4 Å². The lowest BCUT2D eigenvalue weighted by Crippen LogP contribution is -2.39. The van der Waals surface area contributed by atoms with Gasteiger partial charge in [-0.05, 0) is 25.6 Å². The summed E-state index contributed by atoms with van der Waals surface area (Å²) < 4.78 is 26.9. The molecule has 1 aromatic heterocycles. The molecule has 3 N–H and O–H groups in total. The maximum Gasteiger partial charge on any atom is 0.242 e. The summed E-state index contributed by atoms with van der Waals surface area (Å²) in [6, 6.07) is 1.30. The van der Waals surface area contributed by atoms with Crippen LogP contribution in [-0.4, -0.2) is 45.5 Å². The van der Waals surface area contributed by atoms with Gasteiger partial charge in [0.25, 0.3) is 0 Å². The molecule has 114 valence electrons. The van der Waals surface area contributed by atoms with E-state index in [9.17, 15) is 8.42 Å². The molecule has 20 heavy (non-hydrogen) atoms. The number of sulfonamides is 1. The monoisotopic (exact) mass is 320 g/mol. The Bertz CT molecular complexity index is 573. The molecule has 1 heterocycles. The summed E-state index contributed by atoms with van der Waals surface area (Å²) >= 11 is 5.79. The Morgan fingerprint density at radius 2 is 2.05 bits per heavy atom. The SMILES string of the molecule is CN(C)CC(C)(C)CNS(=O)(=O)c1cnc(N)c(Cl)c1. The third-order valence-corrected chi connectivity index (χ3v) is 4.31. The van der Waals surface area contributed by atoms with Gasteiger partial charge in [-0.15, -0.1) is 0 Å². The minimum absolute atomic E-state index is 0.0114. The highest BCUT2D eigenvalue weighted by Gasteiger charge is 2.23. The van der Waals surface area contributed by atoms with Gasteiger partial charge < -0.3 is 10.6 Å². The third kappa shape index (κ3) is 4.90. The molecule has 0 amide bonds. The molecule has 0 unspecified atom stereocenters. The van der Waals surface area contributed by atoms with E-state index in [4.69, 9.17) is 17.3 Å². The molecular weight excluding hydrogens is 300 g/mol. The number of halogens is 1. The van der Waals surface area contributed by atoms with Crippen LogP contribution in [0.5, 0.6) is 0 Å². The van der Waals surface area contributed by atoms with Crippen molar-refractivity contribution in [1.29, 1.82) is 0 Å². The first-order chi connectivity index (χ1) is 9.03. The minimum Gasteiger partial charge on any atom is -0.382 e. The molecule has 0 saturated heterocycles. The molecule has 0 spiro atoms. The summed E-state index contributed by atoms with van der Waals surface area (Å²) in [5.41, 5.74) is 5.27. The van der Waals surface area contributed by atoms with Crippen molar-refractivity contribution in [2.24, 2.45) is 5.41 Å². The minimum atomic E-state index is -3.64. The van der Waals surface area contributed by atoms with Crippen molar-refractivity contribution in [3.63, 3.8) is 0 Å².